The van der Waals surface area contributed by atoms with E-state index in [0.29, 0.717) is 54.5 Å². The summed E-state index contributed by atoms with van der Waals surface area (Å²) in [5.41, 5.74) is 8.98. The summed E-state index contributed by atoms with van der Waals surface area (Å²) in [5.74, 6) is -0.0711. The molecule has 0 saturated heterocycles. The average Bonchev–Trinajstić information content (AvgIpc) is 3.16. The molecular formula is C45H50O8. The van der Waals surface area contributed by atoms with Gasteiger partial charge >= 0.3 is 11.9 Å². The van der Waals surface area contributed by atoms with Gasteiger partial charge < -0.3 is 23.7 Å². The van der Waals surface area contributed by atoms with Crippen LogP contribution in [0.2, 0.25) is 0 Å². The molecule has 2 unspecified atom stereocenters. The molecule has 53 heavy (non-hydrogen) atoms. The molecule has 0 spiro atoms. The first-order valence-corrected chi connectivity index (χ1v) is 17.7. The van der Waals surface area contributed by atoms with Crippen molar-refractivity contribution in [2.24, 2.45) is 11.8 Å². The number of rotatable bonds is 19. The maximum absolute atomic E-state index is 13.4. The molecule has 0 aromatic heterocycles. The van der Waals surface area contributed by atoms with E-state index in [-0.39, 0.29) is 30.8 Å². The van der Waals surface area contributed by atoms with Gasteiger partial charge in [0.15, 0.2) is 5.78 Å². The number of carbonyl (C=O) groups excluding carboxylic acids is 3. The van der Waals surface area contributed by atoms with Gasteiger partial charge in [0.1, 0.15) is 5.75 Å². The topological polar surface area (TPSA) is 97.4 Å². The Balaban J connectivity index is 1.35. The number of ketones is 1. The first-order chi connectivity index (χ1) is 25.4. The fraction of sp³-hybridized carbons (Fsp3) is 0.311. The lowest BCUT2D eigenvalue weighted by atomic mass is 9.96. The third-order valence-corrected chi connectivity index (χ3v) is 8.61. The molecule has 0 fully saturated rings. The van der Waals surface area contributed by atoms with Crippen molar-refractivity contribution in [3.63, 3.8) is 0 Å². The Morgan fingerprint density at radius 3 is 1.45 bits per heavy atom. The number of ether oxygens (including phenoxy) is 5. The number of carbonyl (C=O) groups is 3. The van der Waals surface area contributed by atoms with Crippen LogP contribution in [0, 0.1) is 18.8 Å². The maximum atomic E-state index is 13.4. The third kappa shape index (κ3) is 11.9. The lowest BCUT2D eigenvalue weighted by Gasteiger charge is -2.15. The summed E-state index contributed by atoms with van der Waals surface area (Å²) in [4.78, 5) is 36.8. The molecule has 0 amide bonds. The average molecular weight is 719 g/mol. The number of methoxy groups -OCH3 is 1. The molecule has 0 aliphatic heterocycles. The minimum absolute atomic E-state index is 0.0169. The highest BCUT2D eigenvalue weighted by Crippen LogP contribution is 2.29. The van der Waals surface area contributed by atoms with Crippen molar-refractivity contribution < 1.29 is 38.1 Å². The largest absolute Gasteiger partial charge is 0.496 e. The summed E-state index contributed by atoms with van der Waals surface area (Å²) < 4.78 is 27.9. The molecule has 0 N–H and O–H groups in total. The molecule has 0 aliphatic rings. The van der Waals surface area contributed by atoms with E-state index in [9.17, 15) is 14.4 Å². The highest BCUT2D eigenvalue weighted by atomic mass is 16.5. The number of hydrogen-bond donors (Lipinski definition) is 0. The minimum atomic E-state index is -0.405. The zero-order valence-electron chi connectivity index (χ0n) is 31.7. The summed E-state index contributed by atoms with van der Waals surface area (Å²) in [6.45, 7) is 18.6. The van der Waals surface area contributed by atoms with Crippen LogP contribution in [0.5, 0.6) is 5.75 Å². The van der Waals surface area contributed by atoms with Gasteiger partial charge in [0.2, 0.25) is 0 Å². The van der Waals surface area contributed by atoms with Crippen LogP contribution in [0.15, 0.2) is 109 Å². The van der Waals surface area contributed by atoms with Crippen LogP contribution in [-0.4, -0.2) is 51.3 Å². The van der Waals surface area contributed by atoms with E-state index in [1.54, 1.807) is 21.0 Å². The van der Waals surface area contributed by atoms with Crippen molar-refractivity contribution in [3.05, 3.63) is 137 Å². The van der Waals surface area contributed by atoms with Crippen molar-refractivity contribution in [1.82, 2.24) is 0 Å². The van der Waals surface area contributed by atoms with Crippen molar-refractivity contribution in [3.8, 4) is 28.0 Å². The smallest absolute Gasteiger partial charge is 0.333 e. The van der Waals surface area contributed by atoms with E-state index in [0.717, 1.165) is 38.9 Å². The SMILES string of the molecule is C=C(C)C(=O)OCC(C)COCc1cc(-c2ccc(C(=O)c3ccc(-c4ccc(OC)c(COCC(C)COC(=O)C(=C)C)c4)cc3)cc2)ccc1C. The fourth-order valence-corrected chi connectivity index (χ4v) is 5.39. The molecule has 4 aromatic carbocycles. The normalized spacial score (nSPS) is 12.0. The van der Waals surface area contributed by atoms with Gasteiger partial charge in [-0.05, 0) is 72.4 Å². The van der Waals surface area contributed by atoms with E-state index >= 15 is 0 Å². The Bertz CT molecular complexity index is 1910. The van der Waals surface area contributed by atoms with Gasteiger partial charge in [-0.15, -0.1) is 0 Å². The number of benzene rings is 4. The second-order valence-electron chi connectivity index (χ2n) is 13.6. The predicted octanol–water partition coefficient (Wildman–Crippen LogP) is 9.11. The Hall–Kier alpha value is -5.31. The van der Waals surface area contributed by atoms with Crippen LogP contribution >= 0.6 is 0 Å². The standard InChI is InChI=1S/C45H50O8/c1-29(2)44(47)52-25-31(5)23-50-27-40-21-38(10-9-33(40)7)34-11-15-36(16-12-34)43(46)37-17-13-35(14-18-37)39-19-20-42(49-8)41(22-39)28-51-24-32(6)26-53-45(48)30(3)4/h9-22,31-32H,1,3,23-28H2,2,4-8H3. The monoisotopic (exact) mass is 718 g/mol. The molecule has 4 aromatic rings. The molecule has 2 atom stereocenters. The van der Waals surface area contributed by atoms with Gasteiger partial charge in [-0.1, -0.05) is 93.7 Å². The van der Waals surface area contributed by atoms with Gasteiger partial charge in [0.05, 0.1) is 46.8 Å². The second kappa shape index (κ2) is 19.5. The highest BCUT2D eigenvalue weighted by molar-refractivity contribution is 6.09. The number of esters is 2. The highest BCUT2D eigenvalue weighted by Gasteiger charge is 2.14. The maximum Gasteiger partial charge on any atom is 0.333 e. The summed E-state index contributed by atoms with van der Waals surface area (Å²) in [7, 11) is 1.62. The number of aryl methyl sites for hydroxylation is 1. The van der Waals surface area contributed by atoms with Crippen molar-refractivity contribution in [2.45, 2.75) is 47.8 Å². The second-order valence-corrected chi connectivity index (χ2v) is 13.6. The molecule has 0 radical (unpaired) electrons. The van der Waals surface area contributed by atoms with Crippen LogP contribution in [0.25, 0.3) is 22.3 Å². The van der Waals surface area contributed by atoms with E-state index in [4.69, 9.17) is 23.7 Å². The molecule has 0 heterocycles. The van der Waals surface area contributed by atoms with E-state index in [1.807, 2.05) is 87.5 Å². The van der Waals surface area contributed by atoms with Crippen molar-refractivity contribution in [2.75, 3.05) is 33.5 Å². The zero-order valence-corrected chi connectivity index (χ0v) is 31.7. The molecule has 8 nitrogen and oxygen atoms in total. The molecule has 8 heteroatoms. The number of hydrogen-bond acceptors (Lipinski definition) is 8. The molecule has 4 rings (SSSR count). The summed E-state index contributed by atoms with van der Waals surface area (Å²) in [6.07, 6.45) is 0. The van der Waals surface area contributed by atoms with Crippen molar-refractivity contribution >= 4 is 17.7 Å². The van der Waals surface area contributed by atoms with Crippen LogP contribution in [0.3, 0.4) is 0 Å². The van der Waals surface area contributed by atoms with Gasteiger partial charge in [-0.2, -0.15) is 0 Å². The Morgan fingerprint density at radius 2 is 1.00 bits per heavy atom. The van der Waals surface area contributed by atoms with Crippen LogP contribution in [0.4, 0.5) is 0 Å². The van der Waals surface area contributed by atoms with E-state index in [2.05, 4.69) is 31.4 Å². The first kappa shape index (κ1) is 40.5. The van der Waals surface area contributed by atoms with E-state index in [1.165, 1.54) is 0 Å². The van der Waals surface area contributed by atoms with Crippen molar-refractivity contribution in [1.29, 1.82) is 0 Å². The molecule has 278 valence electrons. The fourth-order valence-electron chi connectivity index (χ4n) is 5.39. The summed E-state index contributed by atoms with van der Waals surface area (Å²) >= 11 is 0. The molecular weight excluding hydrogens is 668 g/mol. The lowest BCUT2D eigenvalue weighted by molar-refractivity contribution is -0.141. The quantitative estimate of drug-likeness (QED) is 0.0538. The van der Waals surface area contributed by atoms with Gasteiger partial charge in [0.25, 0.3) is 0 Å². The molecule has 0 bridgehead atoms. The van der Waals surface area contributed by atoms with Gasteiger partial charge in [-0.25, -0.2) is 9.59 Å². The summed E-state index contributed by atoms with van der Waals surface area (Å²) in [5, 5.41) is 0. The van der Waals surface area contributed by atoms with Crippen LogP contribution in [0.1, 0.15) is 60.3 Å². The third-order valence-electron chi connectivity index (χ3n) is 8.61. The molecule has 0 aliphatic carbocycles. The Morgan fingerprint density at radius 1 is 0.585 bits per heavy atom. The van der Waals surface area contributed by atoms with Crippen LogP contribution < -0.4 is 4.74 Å². The predicted molar refractivity (Wildman–Crippen MR) is 208 cm³/mol. The van der Waals surface area contributed by atoms with E-state index < -0.39 is 11.9 Å². The zero-order chi connectivity index (χ0) is 38.5. The Kier molecular flexibility index (Phi) is 14.9. The van der Waals surface area contributed by atoms with Gasteiger partial charge in [0, 0.05) is 39.7 Å². The lowest BCUT2D eigenvalue weighted by Crippen LogP contribution is -2.16. The Labute approximate surface area is 313 Å². The first-order valence-electron chi connectivity index (χ1n) is 17.7. The molecule has 0 saturated carbocycles. The minimum Gasteiger partial charge on any atom is -0.496 e. The van der Waals surface area contributed by atoms with Crippen LogP contribution in [-0.2, 0) is 41.8 Å². The summed E-state index contributed by atoms with van der Waals surface area (Å²) in [6, 6.07) is 27.4. The van der Waals surface area contributed by atoms with Gasteiger partial charge in [-0.3, -0.25) is 4.79 Å².